The van der Waals surface area contributed by atoms with E-state index in [1.54, 1.807) is 6.92 Å². The topological polar surface area (TPSA) is 126 Å². The second kappa shape index (κ2) is 39.8. The summed E-state index contributed by atoms with van der Waals surface area (Å²) in [4.78, 5) is 64.9. The lowest BCUT2D eigenvalue weighted by Gasteiger charge is -2.31. The molecule has 0 aromatic carbocycles. The summed E-state index contributed by atoms with van der Waals surface area (Å²) in [5.41, 5.74) is 1.23. The molecule has 0 fully saturated rings. The van der Waals surface area contributed by atoms with Crippen LogP contribution in [0.15, 0.2) is 24.3 Å². The fourth-order valence-corrected chi connectivity index (χ4v) is 7.01. The van der Waals surface area contributed by atoms with E-state index in [0.717, 1.165) is 96.3 Å². The van der Waals surface area contributed by atoms with Gasteiger partial charge in [0.25, 0.3) is 0 Å². The van der Waals surface area contributed by atoms with Gasteiger partial charge in [-0.05, 0) is 86.2 Å². The lowest BCUT2D eigenvalue weighted by Crippen LogP contribution is -2.44. The first-order chi connectivity index (χ1) is 29.2. The predicted octanol–water partition coefficient (Wildman–Crippen LogP) is 12.5. The molecule has 0 aliphatic heterocycles. The second-order valence-electron chi connectivity index (χ2n) is 18.3. The van der Waals surface area contributed by atoms with Crippen molar-refractivity contribution in [2.75, 3.05) is 47.1 Å². The second-order valence-corrected chi connectivity index (χ2v) is 18.3. The number of nitrogens with zero attached hydrogens (tertiary/aromatic N) is 1. The van der Waals surface area contributed by atoms with E-state index in [2.05, 4.69) is 27.0 Å². The van der Waals surface area contributed by atoms with Crippen LogP contribution in [0.5, 0.6) is 0 Å². The predicted molar refractivity (Wildman–Crippen MR) is 248 cm³/mol. The van der Waals surface area contributed by atoms with Crippen molar-refractivity contribution in [2.45, 2.75) is 220 Å². The highest BCUT2D eigenvalue weighted by atomic mass is 16.6. The fraction of sp³-hybridized carbons (Fsp3) is 0.824. The van der Waals surface area contributed by atoms with Crippen LogP contribution in [0.4, 0.5) is 0 Å². The highest BCUT2D eigenvalue weighted by Gasteiger charge is 2.38. The van der Waals surface area contributed by atoms with Gasteiger partial charge in [0.05, 0.1) is 6.42 Å². The minimum atomic E-state index is -1.24. The van der Waals surface area contributed by atoms with E-state index in [1.165, 1.54) is 62.5 Å². The molecule has 0 saturated carbocycles. The Bertz CT molecular complexity index is 1070. The first-order valence-corrected chi connectivity index (χ1v) is 24.3. The SMILES string of the molecule is C=C(C)CCCCCCCCCCC(=O)OCC(COC(=O)CCCCCCCCCCC(=C)C)(COC(=O)CCCCCCCCCCC(C)=O)COC(=O)CCN(C)C. The van der Waals surface area contributed by atoms with Gasteiger partial charge in [0.2, 0.25) is 0 Å². The number of ether oxygens (including phenoxy) is 4. The molecule has 0 N–H and O–H groups in total. The molecule has 0 unspecified atom stereocenters. The standard InChI is InChI=1S/C51H91NO9/c1-44(2)32-26-20-14-8-11-17-23-29-35-47(54)58-40-51(43-61-50(57)38-39-52(6)7,41-59-48(55)36-30-24-18-12-9-15-21-27-33-45(3)4)42-60-49(56)37-31-25-19-13-10-16-22-28-34-46(5)53/h1,3,8-43H2,2,4-7H3. The number of esters is 4. The van der Waals surface area contributed by atoms with E-state index in [1.807, 2.05) is 19.0 Å². The summed E-state index contributed by atoms with van der Waals surface area (Å²) in [5.74, 6) is -1.34. The minimum absolute atomic E-state index is 0.157. The van der Waals surface area contributed by atoms with Gasteiger partial charge in [0, 0.05) is 32.2 Å². The van der Waals surface area contributed by atoms with Crippen LogP contribution in [0.1, 0.15) is 220 Å². The van der Waals surface area contributed by atoms with E-state index in [-0.39, 0.29) is 69.8 Å². The zero-order chi connectivity index (χ0) is 45.4. The van der Waals surface area contributed by atoms with Gasteiger partial charge < -0.3 is 28.6 Å². The summed E-state index contributed by atoms with van der Waals surface area (Å²) >= 11 is 0. The van der Waals surface area contributed by atoms with Crippen molar-refractivity contribution in [3.63, 3.8) is 0 Å². The maximum Gasteiger partial charge on any atom is 0.307 e. The molecular formula is C51H91NO9. The van der Waals surface area contributed by atoms with Crippen molar-refractivity contribution in [1.82, 2.24) is 4.90 Å². The zero-order valence-electron chi connectivity index (χ0n) is 40.0. The van der Waals surface area contributed by atoms with Gasteiger partial charge in [0.1, 0.15) is 37.6 Å². The molecular weight excluding hydrogens is 771 g/mol. The molecule has 354 valence electrons. The van der Waals surface area contributed by atoms with Crippen LogP contribution in [-0.2, 0) is 42.9 Å². The number of carbonyl (C=O) groups is 5. The van der Waals surface area contributed by atoms with E-state index < -0.39 is 17.4 Å². The first kappa shape index (κ1) is 58.0. The molecule has 0 bridgehead atoms. The zero-order valence-corrected chi connectivity index (χ0v) is 40.0. The summed E-state index contributed by atoms with van der Waals surface area (Å²) in [7, 11) is 3.74. The molecule has 0 radical (unpaired) electrons. The summed E-state index contributed by atoms with van der Waals surface area (Å²) in [6.07, 6.45) is 29.0. The molecule has 0 amide bonds. The summed E-state index contributed by atoms with van der Waals surface area (Å²) in [6.45, 7) is 13.4. The van der Waals surface area contributed by atoms with Crippen molar-refractivity contribution in [3.8, 4) is 0 Å². The number of hydrogen-bond donors (Lipinski definition) is 0. The monoisotopic (exact) mass is 862 g/mol. The van der Waals surface area contributed by atoms with Crippen LogP contribution in [0.3, 0.4) is 0 Å². The van der Waals surface area contributed by atoms with Crippen molar-refractivity contribution < 1.29 is 42.9 Å². The van der Waals surface area contributed by atoms with Crippen LogP contribution < -0.4 is 0 Å². The van der Waals surface area contributed by atoms with Crippen LogP contribution in [0, 0.1) is 5.41 Å². The van der Waals surface area contributed by atoms with Gasteiger partial charge in [-0.3, -0.25) is 19.2 Å². The number of ketones is 1. The van der Waals surface area contributed by atoms with Gasteiger partial charge in [-0.2, -0.15) is 0 Å². The Hall–Kier alpha value is -3.01. The molecule has 0 atom stereocenters. The summed E-state index contributed by atoms with van der Waals surface area (Å²) in [6, 6.07) is 0. The third-order valence-corrected chi connectivity index (χ3v) is 11.0. The lowest BCUT2D eigenvalue weighted by molar-refractivity contribution is -0.170. The quantitative estimate of drug-likeness (QED) is 0.0253. The number of unbranched alkanes of at least 4 members (excludes halogenated alkanes) is 21. The van der Waals surface area contributed by atoms with Crippen LogP contribution in [0.25, 0.3) is 0 Å². The van der Waals surface area contributed by atoms with E-state index in [4.69, 9.17) is 18.9 Å². The van der Waals surface area contributed by atoms with E-state index >= 15 is 0 Å². The Balaban J connectivity index is 5.31. The normalized spacial score (nSPS) is 11.4. The number of Topliss-reactive ketones (excluding diaryl/α,β-unsaturated/α-hetero) is 1. The molecule has 10 nitrogen and oxygen atoms in total. The molecule has 10 heteroatoms. The molecule has 0 rings (SSSR count). The lowest BCUT2D eigenvalue weighted by atomic mass is 9.92. The minimum Gasteiger partial charge on any atom is -0.465 e. The van der Waals surface area contributed by atoms with Crippen molar-refractivity contribution in [2.24, 2.45) is 5.41 Å². The Labute approximate surface area is 373 Å². The largest absolute Gasteiger partial charge is 0.465 e. The van der Waals surface area contributed by atoms with Crippen molar-refractivity contribution in [1.29, 1.82) is 0 Å². The molecule has 0 saturated heterocycles. The van der Waals surface area contributed by atoms with E-state index in [0.29, 0.717) is 32.2 Å². The van der Waals surface area contributed by atoms with E-state index in [9.17, 15) is 24.0 Å². The summed E-state index contributed by atoms with van der Waals surface area (Å²) in [5, 5.41) is 0. The smallest absolute Gasteiger partial charge is 0.307 e. The van der Waals surface area contributed by atoms with Gasteiger partial charge in [-0.1, -0.05) is 127 Å². The van der Waals surface area contributed by atoms with Gasteiger partial charge >= 0.3 is 23.9 Å². The average molecular weight is 862 g/mol. The summed E-state index contributed by atoms with van der Waals surface area (Å²) < 4.78 is 23.1. The Kier molecular flexibility index (Phi) is 37.8. The molecule has 0 aliphatic rings. The van der Waals surface area contributed by atoms with Crippen molar-refractivity contribution >= 4 is 29.7 Å². The van der Waals surface area contributed by atoms with Crippen LogP contribution in [-0.4, -0.2) is 81.6 Å². The Morgan fingerprint density at radius 2 is 0.590 bits per heavy atom. The number of rotatable bonds is 44. The maximum atomic E-state index is 13.0. The third-order valence-electron chi connectivity index (χ3n) is 11.0. The average Bonchev–Trinajstić information content (AvgIpc) is 3.21. The highest BCUT2D eigenvalue weighted by molar-refractivity contribution is 5.75. The third kappa shape index (κ3) is 40.8. The first-order valence-electron chi connectivity index (χ1n) is 24.3. The molecule has 0 aromatic heterocycles. The van der Waals surface area contributed by atoms with Gasteiger partial charge in [-0.15, -0.1) is 13.2 Å². The van der Waals surface area contributed by atoms with Gasteiger partial charge in [0.15, 0.2) is 0 Å². The fourth-order valence-electron chi connectivity index (χ4n) is 7.01. The number of allylic oxidation sites excluding steroid dienone is 2. The number of hydrogen-bond acceptors (Lipinski definition) is 10. The maximum absolute atomic E-state index is 13.0. The van der Waals surface area contributed by atoms with Gasteiger partial charge in [-0.25, -0.2) is 0 Å². The Morgan fingerprint density at radius 1 is 0.361 bits per heavy atom. The van der Waals surface area contributed by atoms with Crippen LogP contribution >= 0.6 is 0 Å². The number of carbonyl (C=O) groups excluding carboxylic acids is 5. The van der Waals surface area contributed by atoms with Crippen LogP contribution in [0.2, 0.25) is 0 Å². The molecule has 0 spiro atoms. The molecule has 0 aromatic rings. The Morgan fingerprint density at radius 3 is 0.836 bits per heavy atom. The molecule has 61 heavy (non-hydrogen) atoms. The highest BCUT2D eigenvalue weighted by Crippen LogP contribution is 2.24. The molecule has 0 aliphatic carbocycles. The van der Waals surface area contributed by atoms with Crippen molar-refractivity contribution in [3.05, 3.63) is 24.3 Å². The molecule has 0 heterocycles.